The minimum atomic E-state index is -2.59. The van der Waals surface area contributed by atoms with Gasteiger partial charge in [0.25, 0.3) is 5.91 Å². The Morgan fingerprint density at radius 3 is 2.44 bits per heavy atom. The van der Waals surface area contributed by atoms with E-state index in [0.29, 0.717) is 18.7 Å². The van der Waals surface area contributed by atoms with Crippen LogP contribution in [0.1, 0.15) is 29.5 Å². The molecule has 10 heteroatoms. The SMILES string of the molecule is CN(CCF)Cc1ccc(-c2ccc(O)c3c2C[C@H]2C[C@H]4CC(=O)C(C(N)=O)=C(O)[C@@]4(O)C(=O)C2=C3O)cc1. The van der Waals surface area contributed by atoms with Crippen molar-refractivity contribution in [1.82, 2.24) is 4.90 Å². The number of carbonyl (C=O) groups is 3. The van der Waals surface area contributed by atoms with Crippen molar-refractivity contribution < 1.29 is 39.2 Å². The Morgan fingerprint density at radius 1 is 1.10 bits per heavy atom. The maximum absolute atomic E-state index is 13.6. The fourth-order valence-electron chi connectivity index (χ4n) is 6.22. The van der Waals surface area contributed by atoms with Crippen LogP contribution in [0, 0.1) is 11.8 Å². The quantitative estimate of drug-likeness (QED) is 0.352. The van der Waals surface area contributed by atoms with Crippen LogP contribution >= 0.6 is 0 Å². The molecule has 0 heterocycles. The second kappa shape index (κ2) is 9.62. The smallest absolute Gasteiger partial charge is 0.255 e. The second-order valence-corrected chi connectivity index (χ2v) is 10.5. The molecule has 0 spiro atoms. The molecule has 0 aliphatic heterocycles. The maximum Gasteiger partial charge on any atom is 0.255 e. The topological polar surface area (TPSA) is 161 Å². The van der Waals surface area contributed by atoms with Gasteiger partial charge < -0.3 is 26.2 Å². The third kappa shape index (κ3) is 4.11. The zero-order chi connectivity index (χ0) is 28.2. The fraction of sp³-hybridized carbons (Fsp3) is 0.345. The highest BCUT2D eigenvalue weighted by Gasteiger charge is 2.60. The van der Waals surface area contributed by atoms with Gasteiger partial charge in [-0.1, -0.05) is 30.3 Å². The number of alkyl halides is 1. The first kappa shape index (κ1) is 26.6. The summed E-state index contributed by atoms with van der Waals surface area (Å²) in [6.45, 7) is 0.447. The van der Waals surface area contributed by atoms with Gasteiger partial charge in [0.05, 0.1) is 5.56 Å². The van der Waals surface area contributed by atoms with Gasteiger partial charge in [0.1, 0.15) is 29.5 Å². The molecule has 3 aliphatic carbocycles. The molecule has 0 unspecified atom stereocenters. The number of halogens is 1. The number of benzene rings is 2. The predicted molar refractivity (Wildman–Crippen MR) is 139 cm³/mol. The Bertz CT molecular complexity index is 1460. The largest absolute Gasteiger partial charge is 0.508 e. The lowest BCUT2D eigenvalue weighted by Gasteiger charge is -2.46. The summed E-state index contributed by atoms with van der Waals surface area (Å²) in [7, 11) is 1.83. The van der Waals surface area contributed by atoms with Crippen molar-refractivity contribution in [3.8, 4) is 16.9 Å². The molecule has 0 saturated heterocycles. The number of phenolic OH excluding ortho intramolecular Hbond substituents is 1. The summed E-state index contributed by atoms with van der Waals surface area (Å²) >= 11 is 0. The molecular weight excluding hydrogens is 507 g/mol. The number of hydrogen-bond donors (Lipinski definition) is 5. The van der Waals surface area contributed by atoms with Crippen LogP contribution in [-0.4, -0.2) is 68.7 Å². The maximum atomic E-state index is 13.6. The monoisotopic (exact) mass is 536 g/mol. The molecule has 0 radical (unpaired) electrons. The van der Waals surface area contributed by atoms with Gasteiger partial charge in [0.15, 0.2) is 11.4 Å². The van der Waals surface area contributed by atoms with Gasteiger partial charge in [-0.25, -0.2) is 4.39 Å². The minimum Gasteiger partial charge on any atom is -0.508 e. The Labute approximate surface area is 223 Å². The summed E-state index contributed by atoms with van der Waals surface area (Å²) in [5.74, 6) is -6.56. The third-order valence-electron chi connectivity index (χ3n) is 8.13. The van der Waals surface area contributed by atoms with Gasteiger partial charge in [-0.2, -0.15) is 0 Å². The predicted octanol–water partition coefficient (Wildman–Crippen LogP) is 2.49. The van der Waals surface area contributed by atoms with Crippen molar-refractivity contribution >= 4 is 23.2 Å². The standard InChI is InChI=1S/C29H29FN2O7/c1-32(9-8-30)13-14-2-4-15(5-3-14)18-6-7-20(33)23-19(18)11-16-10-17-12-21(34)24(28(31)38)27(37)29(17,39)26(36)22(16)25(23)35/h2-7,16-17,33,35,37,39H,8-13H2,1H3,(H2,31,38)/t16-,17+,29+/m1/s1. The fourth-order valence-corrected chi connectivity index (χ4v) is 6.22. The molecule has 39 heavy (non-hydrogen) atoms. The number of carbonyl (C=O) groups excluding carboxylic acids is 3. The Morgan fingerprint density at radius 2 is 1.79 bits per heavy atom. The van der Waals surface area contributed by atoms with Crippen LogP contribution in [0.2, 0.25) is 0 Å². The number of Topliss-reactive ketones (excluding diaryl/α,β-unsaturated/α-hetero) is 2. The van der Waals surface area contributed by atoms with E-state index in [-0.39, 0.29) is 36.1 Å². The van der Waals surface area contributed by atoms with E-state index in [2.05, 4.69) is 0 Å². The highest BCUT2D eigenvalue weighted by Crippen LogP contribution is 2.53. The molecule has 2 aromatic carbocycles. The number of fused-ring (bicyclic) bond motifs is 3. The number of primary amides is 1. The van der Waals surface area contributed by atoms with Gasteiger partial charge in [0, 0.05) is 31.0 Å². The van der Waals surface area contributed by atoms with Crippen LogP contribution in [-0.2, 0) is 27.3 Å². The Balaban J connectivity index is 1.58. The summed E-state index contributed by atoms with van der Waals surface area (Å²) in [6.07, 6.45) is -0.0792. The first-order valence-corrected chi connectivity index (χ1v) is 12.6. The molecule has 1 saturated carbocycles. The Hall–Kier alpha value is -4.02. The van der Waals surface area contributed by atoms with E-state index in [4.69, 9.17) is 5.73 Å². The van der Waals surface area contributed by atoms with Crippen molar-refractivity contribution in [2.24, 2.45) is 17.6 Å². The lowest BCUT2D eigenvalue weighted by molar-refractivity contribution is -0.147. The van der Waals surface area contributed by atoms with Crippen LogP contribution in [0.3, 0.4) is 0 Å². The molecule has 5 rings (SSSR count). The van der Waals surface area contributed by atoms with Gasteiger partial charge in [-0.15, -0.1) is 0 Å². The lowest BCUT2D eigenvalue weighted by atomic mass is 9.59. The van der Waals surface area contributed by atoms with E-state index in [0.717, 1.165) is 16.7 Å². The van der Waals surface area contributed by atoms with Crippen molar-refractivity contribution in [3.63, 3.8) is 0 Å². The molecule has 9 nitrogen and oxygen atoms in total. The van der Waals surface area contributed by atoms with Crippen LogP contribution in [0.5, 0.6) is 5.75 Å². The van der Waals surface area contributed by atoms with E-state index >= 15 is 0 Å². The van der Waals surface area contributed by atoms with Crippen LogP contribution in [0.4, 0.5) is 4.39 Å². The molecule has 1 fully saturated rings. The summed E-state index contributed by atoms with van der Waals surface area (Å²) in [6, 6.07) is 10.7. The molecule has 204 valence electrons. The van der Waals surface area contributed by atoms with E-state index in [1.54, 1.807) is 6.07 Å². The molecule has 2 aromatic rings. The molecular formula is C29H29FN2O7. The van der Waals surface area contributed by atoms with Crippen molar-refractivity contribution in [1.29, 1.82) is 0 Å². The number of nitrogens with two attached hydrogens (primary N) is 1. The van der Waals surface area contributed by atoms with Gasteiger partial charge in [-0.05, 0) is 54.1 Å². The third-order valence-corrected chi connectivity index (χ3v) is 8.13. The van der Waals surface area contributed by atoms with E-state index in [1.807, 2.05) is 36.2 Å². The molecule has 6 N–H and O–H groups in total. The van der Waals surface area contributed by atoms with Crippen LogP contribution in [0.15, 0.2) is 53.3 Å². The molecule has 0 aromatic heterocycles. The zero-order valence-corrected chi connectivity index (χ0v) is 21.3. The minimum absolute atomic E-state index is 0.0476. The average Bonchev–Trinajstić information content (AvgIpc) is 2.87. The lowest BCUT2D eigenvalue weighted by Crippen LogP contribution is -2.58. The number of amides is 1. The van der Waals surface area contributed by atoms with Crippen LogP contribution in [0.25, 0.3) is 16.9 Å². The average molecular weight is 537 g/mol. The van der Waals surface area contributed by atoms with Crippen LogP contribution < -0.4 is 5.73 Å². The molecule has 0 bridgehead atoms. The second-order valence-electron chi connectivity index (χ2n) is 10.5. The number of aliphatic hydroxyl groups excluding tert-OH is 2. The number of aromatic hydroxyl groups is 1. The highest BCUT2D eigenvalue weighted by molar-refractivity contribution is 6.22. The normalized spacial score (nSPS) is 24.5. The van der Waals surface area contributed by atoms with Crippen molar-refractivity contribution in [3.05, 3.63) is 70.0 Å². The molecule has 1 amide bonds. The summed E-state index contributed by atoms with van der Waals surface area (Å²) in [5, 5.41) is 44.0. The zero-order valence-electron chi connectivity index (χ0n) is 21.3. The highest BCUT2D eigenvalue weighted by atomic mass is 19.1. The van der Waals surface area contributed by atoms with E-state index < -0.39 is 58.7 Å². The van der Waals surface area contributed by atoms with E-state index in [9.17, 15) is 39.2 Å². The van der Waals surface area contributed by atoms with Gasteiger partial charge in [0.2, 0.25) is 5.78 Å². The van der Waals surface area contributed by atoms with Gasteiger partial charge >= 0.3 is 0 Å². The number of aliphatic hydroxyl groups is 3. The number of hydrogen-bond acceptors (Lipinski definition) is 8. The first-order chi connectivity index (χ1) is 18.5. The number of nitrogens with zero attached hydrogens (tertiary/aromatic N) is 1. The van der Waals surface area contributed by atoms with Crippen molar-refractivity contribution in [2.75, 3.05) is 20.3 Å². The summed E-state index contributed by atoms with van der Waals surface area (Å²) < 4.78 is 12.6. The molecule has 3 atom stereocenters. The van der Waals surface area contributed by atoms with Crippen molar-refractivity contribution in [2.45, 2.75) is 31.4 Å². The number of ketones is 2. The number of rotatable bonds is 6. The van der Waals surface area contributed by atoms with Gasteiger partial charge in [-0.3, -0.25) is 19.3 Å². The summed E-state index contributed by atoms with van der Waals surface area (Å²) in [4.78, 5) is 39.8. The Kier molecular flexibility index (Phi) is 6.56. The summed E-state index contributed by atoms with van der Waals surface area (Å²) in [5.41, 5.74) is 4.80. The number of phenols is 1. The first-order valence-electron chi connectivity index (χ1n) is 12.6. The van der Waals surface area contributed by atoms with E-state index in [1.165, 1.54) is 6.07 Å². The molecule has 3 aliphatic rings.